The first kappa shape index (κ1) is 20.9. The second kappa shape index (κ2) is 7.66. The lowest BCUT2D eigenvalue weighted by Crippen LogP contribution is -2.46. The van der Waals surface area contributed by atoms with Gasteiger partial charge in [0.1, 0.15) is 34.7 Å². The first-order valence-electron chi connectivity index (χ1n) is 11.8. The minimum Gasteiger partial charge on any atom is -0.324 e. The molecule has 1 N–H and O–H groups in total. The van der Waals surface area contributed by atoms with Gasteiger partial charge in [-0.25, -0.2) is 24.9 Å². The van der Waals surface area contributed by atoms with Gasteiger partial charge >= 0.3 is 0 Å². The summed E-state index contributed by atoms with van der Waals surface area (Å²) in [7, 11) is 0. The van der Waals surface area contributed by atoms with Crippen molar-refractivity contribution in [3.05, 3.63) is 48.3 Å². The lowest BCUT2D eigenvalue weighted by Gasteiger charge is -2.32. The third-order valence-electron chi connectivity index (χ3n) is 7.14. The summed E-state index contributed by atoms with van der Waals surface area (Å²) in [4.78, 5) is 38.3. The standard InChI is InChI=1S/C25H26N8O/c1-4-32-10-6-9-25(32)18-11-16(7-8-19(18)30-24(25)34)20-21-23(29-14-28-20)33(5-2)22(31-21)17-12-26-15(3)27-13-17/h7-8,11-14H,4-6,9-10H2,1-3H3,(H,30,34). The molecule has 0 aliphatic carbocycles. The Hall–Kier alpha value is -3.72. The van der Waals surface area contributed by atoms with E-state index in [1.54, 1.807) is 18.7 Å². The summed E-state index contributed by atoms with van der Waals surface area (Å²) in [6.45, 7) is 8.50. The van der Waals surface area contributed by atoms with Gasteiger partial charge in [0, 0.05) is 35.8 Å². The van der Waals surface area contributed by atoms with Crippen LogP contribution in [0.3, 0.4) is 0 Å². The molecule has 9 nitrogen and oxygen atoms in total. The van der Waals surface area contributed by atoms with E-state index in [1.807, 2.05) is 19.1 Å². The summed E-state index contributed by atoms with van der Waals surface area (Å²) in [6, 6.07) is 6.11. The molecule has 5 heterocycles. The topological polar surface area (TPSA) is 102 Å². The molecule has 1 atom stereocenters. The van der Waals surface area contributed by atoms with Crippen LogP contribution in [0.4, 0.5) is 5.69 Å². The van der Waals surface area contributed by atoms with Crippen LogP contribution in [0.2, 0.25) is 0 Å². The molecular formula is C25H26N8O. The average molecular weight is 455 g/mol. The molecule has 1 unspecified atom stereocenters. The number of rotatable bonds is 4. The Labute approximate surface area is 197 Å². The number of carbonyl (C=O) groups excluding carboxylic acids is 1. The summed E-state index contributed by atoms with van der Waals surface area (Å²) in [5, 5.41) is 3.11. The molecule has 1 fully saturated rings. The monoisotopic (exact) mass is 454 g/mol. The summed E-state index contributed by atoms with van der Waals surface area (Å²) in [5.74, 6) is 1.55. The molecular weight excluding hydrogens is 428 g/mol. The highest BCUT2D eigenvalue weighted by Gasteiger charge is 2.53. The quantitative estimate of drug-likeness (QED) is 0.503. The number of nitrogens with one attached hydrogen (secondary N) is 1. The number of nitrogens with zero attached hydrogens (tertiary/aromatic N) is 7. The van der Waals surface area contributed by atoms with Gasteiger partial charge < -0.3 is 9.88 Å². The van der Waals surface area contributed by atoms with Crippen molar-refractivity contribution in [2.24, 2.45) is 0 Å². The van der Waals surface area contributed by atoms with Gasteiger partial charge in [-0.1, -0.05) is 13.0 Å². The zero-order chi connectivity index (χ0) is 23.4. The molecule has 0 bridgehead atoms. The molecule has 172 valence electrons. The van der Waals surface area contributed by atoms with Crippen LogP contribution in [0.15, 0.2) is 36.9 Å². The highest BCUT2D eigenvalue weighted by atomic mass is 16.2. The second-order valence-corrected chi connectivity index (χ2v) is 8.85. The lowest BCUT2D eigenvalue weighted by atomic mass is 9.87. The van der Waals surface area contributed by atoms with Crippen molar-refractivity contribution in [3.63, 3.8) is 0 Å². The predicted octanol–water partition coefficient (Wildman–Crippen LogP) is 3.54. The third-order valence-corrected chi connectivity index (χ3v) is 7.14. The molecule has 0 saturated carbocycles. The SMILES string of the molecule is CCN1CCCC12C(=O)Nc1ccc(-c3ncnc4c3nc(-c3cnc(C)nc3)n4CC)cc12. The van der Waals surface area contributed by atoms with Gasteiger partial charge in [0.2, 0.25) is 5.91 Å². The van der Waals surface area contributed by atoms with Crippen LogP contribution in [0.25, 0.3) is 33.8 Å². The van der Waals surface area contributed by atoms with E-state index in [0.717, 1.165) is 71.0 Å². The largest absolute Gasteiger partial charge is 0.324 e. The van der Waals surface area contributed by atoms with Crippen LogP contribution < -0.4 is 5.32 Å². The minimum absolute atomic E-state index is 0.0729. The van der Waals surface area contributed by atoms with Gasteiger partial charge in [0.25, 0.3) is 0 Å². The van der Waals surface area contributed by atoms with Crippen molar-refractivity contribution in [2.75, 3.05) is 18.4 Å². The maximum Gasteiger partial charge on any atom is 0.249 e. The Morgan fingerprint density at radius 2 is 1.88 bits per heavy atom. The first-order valence-corrected chi connectivity index (χ1v) is 11.8. The number of imidazole rings is 1. The van der Waals surface area contributed by atoms with E-state index < -0.39 is 5.54 Å². The molecule has 1 spiro atoms. The Kier molecular flexibility index (Phi) is 4.70. The molecule has 1 aromatic carbocycles. The normalized spacial score (nSPS) is 19.8. The number of hydrogen-bond acceptors (Lipinski definition) is 7. The molecule has 1 amide bonds. The van der Waals surface area contributed by atoms with Crippen molar-refractivity contribution in [3.8, 4) is 22.6 Å². The van der Waals surface area contributed by atoms with E-state index in [-0.39, 0.29) is 5.91 Å². The number of likely N-dealkylation sites (N-methyl/N-ethyl adjacent to an activating group) is 1. The van der Waals surface area contributed by atoms with Gasteiger partial charge in [0.05, 0.1) is 5.56 Å². The van der Waals surface area contributed by atoms with E-state index in [2.05, 4.69) is 54.6 Å². The number of anilines is 1. The van der Waals surface area contributed by atoms with E-state index in [0.29, 0.717) is 12.4 Å². The van der Waals surface area contributed by atoms with Crippen LogP contribution in [-0.4, -0.2) is 53.4 Å². The molecule has 6 rings (SSSR count). The zero-order valence-corrected chi connectivity index (χ0v) is 19.5. The Morgan fingerprint density at radius 1 is 1.06 bits per heavy atom. The molecule has 0 radical (unpaired) electrons. The summed E-state index contributed by atoms with van der Waals surface area (Å²) >= 11 is 0. The van der Waals surface area contributed by atoms with E-state index >= 15 is 0 Å². The fraction of sp³-hybridized carbons (Fsp3) is 0.360. The molecule has 4 aromatic rings. The lowest BCUT2D eigenvalue weighted by molar-refractivity contribution is -0.126. The molecule has 3 aromatic heterocycles. The highest BCUT2D eigenvalue weighted by Crippen LogP contribution is 2.48. The molecule has 2 aliphatic rings. The number of aromatic nitrogens is 6. The molecule has 1 saturated heterocycles. The molecule has 34 heavy (non-hydrogen) atoms. The van der Waals surface area contributed by atoms with E-state index in [9.17, 15) is 4.79 Å². The maximum atomic E-state index is 13.1. The molecule has 2 aliphatic heterocycles. The predicted molar refractivity (Wildman–Crippen MR) is 129 cm³/mol. The second-order valence-electron chi connectivity index (χ2n) is 8.85. The van der Waals surface area contributed by atoms with Crippen molar-refractivity contribution in [1.82, 2.24) is 34.4 Å². The number of benzene rings is 1. The Morgan fingerprint density at radius 3 is 2.65 bits per heavy atom. The summed E-state index contributed by atoms with van der Waals surface area (Å²) < 4.78 is 2.06. The zero-order valence-electron chi connectivity index (χ0n) is 19.5. The van der Waals surface area contributed by atoms with E-state index in [1.165, 1.54) is 0 Å². The Bertz CT molecular complexity index is 1430. The van der Waals surface area contributed by atoms with E-state index in [4.69, 9.17) is 4.98 Å². The Balaban J connectivity index is 1.53. The van der Waals surface area contributed by atoms with Crippen molar-refractivity contribution >= 4 is 22.8 Å². The first-order chi connectivity index (χ1) is 16.6. The number of fused-ring (bicyclic) bond motifs is 3. The maximum absolute atomic E-state index is 13.1. The highest BCUT2D eigenvalue weighted by molar-refractivity contribution is 6.07. The number of amides is 1. The van der Waals surface area contributed by atoms with Crippen LogP contribution in [0, 0.1) is 6.92 Å². The van der Waals surface area contributed by atoms with Crippen LogP contribution >= 0.6 is 0 Å². The number of hydrogen-bond donors (Lipinski definition) is 1. The van der Waals surface area contributed by atoms with Crippen molar-refractivity contribution < 1.29 is 4.79 Å². The van der Waals surface area contributed by atoms with Crippen molar-refractivity contribution in [1.29, 1.82) is 0 Å². The number of carbonyl (C=O) groups is 1. The number of aryl methyl sites for hydroxylation is 2. The number of likely N-dealkylation sites (tertiary alicyclic amines) is 1. The van der Waals surface area contributed by atoms with Gasteiger partial charge in [-0.2, -0.15) is 0 Å². The fourth-order valence-electron chi connectivity index (χ4n) is 5.53. The van der Waals surface area contributed by atoms with Gasteiger partial charge in [-0.05, 0) is 51.9 Å². The van der Waals surface area contributed by atoms with Crippen LogP contribution in [0.1, 0.15) is 38.1 Å². The van der Waals surface area contributed by atoms with Gasteiger partial charge in [-0.3, -0.25) is 9.69 Å². The van der Waals surface area contributed by atoms with Crippen molar-refractivity contribution in [2.45, 2.75) is 45.7 Å². The minimum atomic E-state index is -0.598. The summed E-state index contributed by atoms with van der Waals surface area (Å²) in [6.07, 6.45) is 6.99. The summed E-state index contributed by atoms with van der Waals surface area (Å²) in [5.41, 5.74) is 5.33. The fourth-order valence-corrected chi connectivity index (χ4v) is 5.53. The van der Waals surface area contributed by atoms with Gasteiger partial charge in [0.15, 0.2) is 5.65 Å². The smallest absolute Gasteiger partial charge is 0.249 e. The third kappa shape index (κ3) is 2.83. The van der Waals surface area contributed by atoms with Gasteiger partial charge in [-0.15, -0.1) is 0 Å². The average Bonchev–Trinajstić information content (AvgIpc) is 3.53. The van der Waals surface area contributed by atoms with Crippen LogP contribution in [0.5, 0.6) is 0 Å². The van der Waals surface area contributed by atoms with Crippen LogP contribution in [-0.2, 0) is 16.9 Å². The molecule has 9 heteroatoms.